The monoisotopic (exact) mass is 459 g/mol. The summed E-state index contributed by atoms with van der Waals surface area (Å²) in [4.78, 5) is 22.6. The number of carbonyl (C=O) groups is 2. The Bertz CT molecular complexity index is 778. The highest BCUT2D eigenvalue weighted by atomic mass is 16.7. The summed E-state index contributed by atoms with van der Waals surface area (Å²) < 4.78 is 5.03. The SMILES string of the molecule is CCNC(=O)CCCC=CC[C@@H]1[C@@H](C=CC(CCc2ccccc2)OC(=O)O)[C@H](O)C[C@@H]1O. The third-order valence-electron chi connectivity index (χ3n) is 6.00. The molecule has 1 aliphatic rings. The summed E-state index contributed by atoms with van der Waals surface area (Å²) >= 11 is 0. The number of carboxylic acid groups (broad SMARTS) is 1. The van der Waals surface area contributed by atoms with Crippen molar-refractivity contribution in [3.05, 3.63) is 60.2 Å². The number of aryl methyl sites for hydroxylation is 1. The maximum atomic E-state index is 11.5. The van der Waals surface area contributed by atoms with Crippen LogP contribution in [0.4, 0.5) is 4.79 Å². The predicted octanol–water partition coefficient (Wildman–Crippen LogP) is 3.85. The Kier molecular flexibility index (Phi) is 11.7. The number of nitrogens with one attached hydrogen (secondary N) is 1. The molecule has 0 saturated heterocycles. The van der Waals surface area contributed by atoms with E-state index in [-0.39, 0.29) is 17.7 Å². The van der Waals surface area contributed by atoms with Crippen LogP contribution in [0.25, 0.3) is 0 Å². The minimum Gasteiger partial charge on any atom is -0.450 e. The van der Waals surface area contributed by atoms with Gasteiger partial charge >= 0.3 is 6.16 Å². The first-order valence-electron chi connectivity index (χ1n) is 11.8. The summed E-state index contributed by atoms with van der Waals surface area (Å²) in [7, 11) is 0. The quantitative estimate of drug-likeness (QED) is 0.202. The molecule has 4 N–H and O–H groups in total. The topological polar surface area (TPSA) is 116 Å². The van der Waals surface area contributed by atoms with E-state index in [4.69, 9.17) is 9.84 Å². The number of benzene rings is 1. The molecule has 1 aliphatic carbocycles. The fourth-order valence-electron chi connectivity index (χ4n) is 4.27. The third kappa shape index (κ3) is 9.80. The number of hydrogen-bond donors (Lipinski definition) is 4. The first-order valence-corrected chi connectivity index (χ1v) is 11.8. The lowest BCUT2D eigenvalue weighted by Gasteiger charge is -2.20. The van der Waals surface area contributed by atoms with Gasteiger partial charge in [0.15, 0.2) is 0 Å². The van der Waals surface area contributed by atoms with E-state index in [1.54, 1.807) is 12.2 Å². The number of rotatable bonds is 13. The molecule has 1 saturated carbocycles. The van der Waals surface area contributed by atoms with Crippen molar-refractivity contribution in [3.63, 3.8) is 0 Å². The number of aliphatic hydroxyl groups excluding tert-OH is 2. The molecule has 0 spiro atoms. The van der Waals surface area contributed by atoms with Gasteiger partial charge in [0.2, 0.25) is 5.91 Å². The second-order valence-electron chi connectivity index (χ2n) is 8.50. The second-order valence-corrected chi connectivity index (χ2v) is 8.50. The molecule has 1 aromatic carbocycles. The molecule has 0 aromatic heterocycles. The van der Waals surface area contributed by atoms with Crippen molar-refractivity contribution < 1.29 is 29.6 Å². The molecule has 0 bridgehead atoms. The van der Waals surface area contributed by atoms with Crippen molar-refractivity contribution in [2.24, 2.45) is 11.8 Å². The van der Waals surface area contributed by atoms with Crippen LogP contribution in [-0.2, 0) is 16.0 Å². The van der Waals surface area contributed by atoms with Gasteiger partial charge in [-0.05, 0) is 56.6 Å². The van der Waals surface area contributed by atoms with Gasteiger partial charge in [0.1, 0.15) is 6.10 Å². The highest BCUT2D eigenvalue weighted by molar-refractivity contribution is 5.75. The lowest BCUT2D eigenvalue weighted by molar-refractivity contribution is -0.121. The van der Waals surface area contributed by atoms with Crippen LogP contribution in [0, 0.1) is 11.8 Å². The van der Waals surface area contributed by atoms with E-state index < -0.39 is 24.5 Å². The van der Waals surface area contributed by atoms with Gasteiger partial charge in [-0.3, -0.25) is 4.79 Å². The fraction of sp³-hybridized carbons (Fsp3) is 0.538. The second kappa shape index (κ2) is 14.5. The zero-order chi connectivity index (χ0) is 24.1. The van der Waals surface area contributed by atoms with Gasteiger partial charge in [0.05, 0.1) is 12.2 Å². The van der Waals surface area contributed by atoms with Crippen molar-refractivity contribution in [1.29, 1.82) is 0 Å². The minimum atomic E-state index is -1.34. The van der Waals surface area contributed by atoms with Crippen LogP contribution in [-0.4, -0.2) is 52.2 Å². The van der Waals surface area contributed by atoms with Crippen LogP contribution in [0.1, 0.15) is 51.0 Å². The summed E-state index contributed by atoms with van der Waals surface area (Å²) in [5.41, 5.74) is 1.09. The molecule has 1 amide bonds. The average Bonchev–Trinajstić information content (AvgIpc) is 3.05. The van der Waals surface area contributed by atoms with Crippen LogP contribution in [0.2, 0.25) is 0 Å². The number of aliphatic hydroxyl groups is 2. The number of carbonyl (C=O) groups excluding carboxylic acids is 1. The number of allylic oxidation sites excluding steroid dienone is 2. The molecule has 7 heteroatoms. The van der Waals surface area contributed by atoms with Crippen LogP contribution in [0.5, 0.6) is 0 Å². The summed E-state index contributed by atoms with van der Waals surface area (Å²) in [6.45, 7) is 2.53. The Morgan fingerprint density at radius 2 is 1.94 bits per heavy atom. The number of unbranched alkanes of at least 4 members (excludes halogenated alkanes) is 1. The zero-order valence-electron chi connectivity index (χ0n) is 19.3. The maximum Gasteiger partial charge on any atom is 0.506 e. The van der Waals surface area contributed by atoms with Gasteiger partial charge in [-0.1, -0.05) is 48.6 Å². The Labute approximate surface area is 196 Å². The van der Waals surface area contributed by atoms with Crippen LogP contribution in [0.15, 0.2) is 54.6 Å². The molecule has 0 aliphatic heterocycles. The molecule has 5 atom stereocenters. The normalized spacial score (nSPS) is 23.7. The average molecular weight is 460 g/mol. The van der Waals surface area contributed by atoms with E-state index in [1.807, 2.05) is 49.4 Å². The number of amides is 1. The van der Waals surface area contributed by atoms with E-state index in [0.29, 0.717) is 38.6 Å². The van der Waals surface area contributed by atoms with E-state index in [0.717, 1.165) is 18.4 Å². The standard InChI is InChI=1S/C26H37NO6/c1-2-27-25(30)13-9-4-3-8-12-21-22(24(29)18-23(21)28)17-16-20(33-26(31)32)15-14-19-10-6-5-7-11-19/h3,5-8,10-11,16-17,20-24,28-29H,2,4,9,12-15,18H2,1H3,(H,27,30)(H,31,32)/t20?,21-,22-,23+,24-/m1/s1. The van der Waals surface area contributed by atoms with Gasteiger partial charge in [-0.25, -0.2) is 4.79 Å². The van der Waals surface area contributed by atoms with Crippen molar-refractivity contribution in [2.75, 3.05) is 6.54 Å². The van der Waals surface area contributed by atoms with E-state index in [1.165, 1.54) is 0 Å². The predicted molar refractivity (Wildman–Crippen MR) is 127 cm³/mol. The van der Waals surface area contributed by atoms with Crippen LogP contribution in [0.3, 0.4) is 0 Å². The number of hydrogen-bond acceptors (Lipinski definition) is 5. The maximum absolute atomic E-state index is 11.5. The molecule has 2 rings (SSSR count). The molecule has 7 nitrogen and oxygen atoms in total. The molecule has 1 aromatic rings. The van der Waals surface area contributed by atoms with E-state index in [2.05, 4.69) is 5.32 Å². The van der Waals surface area contributed by atoms with E-state index in [9.17, 15) is 19.8 Å². The molecule has 0 heterocycles. The van der Waals surface area contributed by atoms with Gasteiger partial charge in [-0.2, -0.15) is 0 Å². The van der Waals surface area contributed by atoms with Crippen molar-refractivity contribution in [3.8, 4) is 0 Å². The molecule has 1 fully saturated rings. The van der Waals surface area contributed by atoms with Crippen LogP contribution >= 0.6 is 0 Å². The smallest absolute Gasteiger partial charge is 0.450 e. The van der Waals surface area contributed by atoms with Crippen molar-refractivity contribution >= 4 is 12.1 Å². The Balaban J connectivity index is 1.91. The molecule has 182 valence electrons. The fourth-order valence-corrected chi connectivity index (χ4v) is 4.27. The first kappa shape index (κ1) is 26.6. The molecular weight excluding hydrogens is 422 g/mol. The lowest BCUT2D eigenvalue weighted by atomic mass is 9.89. The number of ether oxygens (including phenoxy) is 1. The minimum absolute atomic E-state index is 0.0517. The third-order valence-corrected chi connectivity index (χ3v) is 6.00. The first-order chi connectivity index (χ1) is 15.9. The summed E-state index contributed by atoms with van der Waals surface area (Å²) in [6.07, 6.45) is 8.30. The highest BCUT2D eigenvalue weighted by Crippen LogP contribution is 2.36. The van der Waals surface area contributed by atoms with E-state index >= 15 is 0 Å². The molecule has 33 heavy (non-hydrogen) atoms. The van der Waals surface area contributed by atoms with Gasteiger partial charge in [-0.15, -0.1) is 0 Å². The van der Waals surface area contributed by atoms with Gasteiger partial charge < -0.3 is 25.4 Å². The summed E-state index contributed by atoms with van der Waals surface area (Å²) in [6, 6.07) is 9.77. The van der Waals surface area contributed by atoms with Crippen LogP contribution < -0.4 is 5.32 Å². The largest absolute Gasteiger partial charge is 0.506 e. The van der Waals surface area contributed by atoms with Crippen molar-refractivity contribution in [1.82, 2.24) is 5.32 Å². The zero-order valence-corrected chi connectivity index (χ0v) is 19.3. The van der Waals surface area contributed by atoms with Gasteiger partial charge in [0, 0.05) is 25.3 Å². The summed E-state index contributed by atoms with van der Waals surface area (Å²) in [5, 5.41) is 32.7. The molecular formula is C26H37NO6. The highest BCUT2D eigenvalue weighted by Gasteiger charge is 2.39. The van der Waals surface area contributed by atoms with Crippen molar-refractivity contribution in [2.45, 2.75) is 70.2 Å². The van der Waals surface area contributed by atoms with Gasteiger partial charge in [0.25, 0.3) is 0 Å². The molecule has 1 unspecified atom stereocenters. The Morgan fingerprint density at radius 1 is 1.18 bits per heavy atom. The summed E-state index contributed by atoms with van der Waals surface area (Å²) in [5.74, 6) is -0.386. The molecule has 0 radical (unpaired) electrons. The Hall–Kier alpha value is -2.64. The Morgan fingerprint density at radius 3 is 2.64 bits per heavy atom. The lowest BCUT2D eigenvalue weighted by Crippen LogP contribution is -2.22.